The maximum Gasteiger partial charge on any atom is 0.240 e. The number of benzene rings is 1. The van der Waals surface area contributed by atoms with Crippen molar-refractivity contribution in [1.82, 2.24) is 4.72 Å². The zero-order valence-electron chi connectivity index (χ0n) is 11.9. The maximum atomic E-state index is 13.7. The van der Waals surface area contributed by atoms with Crippen LogP contribution < -0.4 is 10.5 Å². The van der Waals surface area contributed by atoms with Crippen LogP contribution in [-0.2, 0) is 16.6 Å². The molecule has 1 aliphatic carbocycles. The van der Waals surface area contributed by atoms with E-state index in [1.165, 1.54) is 12.1 Å². The minimum atomic E-state index is -3.61. The summed E-state index contributed by atoms with van der Waals surface area (Å²) in [4.78, 5) is 0.0831. The molecule has 0 heterocycles. The van der Waals surface area contributed by atoms with E-state index >= 15 is 0 Å². The zero-order chi connectivity index (χ0) is 15.0. The van der Waals surface area contributed by atoms with Crippen molar-refractivity contribution in [2.45, 2.75) is 44.6 Å². The molecule has 1 aromatic carbocycles. The maximum absolute atomic E-state index is 13.7. The van der Waals surface area contributed by atoms with Crippen LogP contribution >= 0.6 is 0 Å². The van der Waals surface area contributed by atoms with E-state index in [0.29, 0.717) is 12.1 Å². The fourth-order valence-corrected chi connectivity index (χ4v) is 3.75. The molecule has 1 aromatic rings. The molecule has 112 valence electrons. The van der Waals surface area contributed by atoms with Crippen LogP contribution in [0.4, 0.5) is 4.39 Å². The number of halogens is 1. The van der Waals surface area contributed by atoms with Gasteiger partial charge >= 0.3 is 0 Å². The summed E-state index contributed by atoms with van der Waals surface area (Å²) in [6.45, 7) is 4.01. The van der Waals surface area contributed by atoms with Crippen molar-refractivity contribution in [1.29, 1.82) is 0 Å². The Balaban J connectivity index is 2.22. The Morgan fingerprint density at radius 3 is 2.55 bits per heavy atom. The van der Waals surface area contributed by atoms with E-state index in [1.54, 1.807) is 6.92 Å². The molecule has 1 saturated carbocycles. The standard InChI is InChI=1S/C14H21FN2O2S/c1-10-6-12(7-11(8-16)13(10)15)20(18,19)17-9-14(2)4-3-5-14/h6-7,17H,3-5,8-9,16H2,1-2H3. The highest BCUT2D eigenvalue weighted by atomic mass is 32.2. The Labute approximate surface area is 119 Å². The van der Waals surface area contributed by atoms with E-state index in [9.17, 15) is 12.8 Å². The van der Waals surface area contributed by atoms with Gasteiger partial charge in [-0.25, -0.2) is 17.5 Å². The number of nitrogens with one attached hydrogen (secondary N) is 1. The number of aryl methyl sites for hydroxylation is 1. The van der Waals surface area contributed by atoms with Crippen molar-refractivity contribution < 1.29 is 12.8 Å². The van der Waals surface area contributed by atoms with Crippen molar-refractivity contribution in [2.75, 3.05) is 6.54 Å². The van der Waals surface area contributed by atoms with Gasteiger partial charge in [-0.15, -0.1) is 0 Å². The van der Waals surface area contributed by atoms with Crippen LogP contribution in [0.2, 0.25) is 0 Å². The van der Waals surface area contributed by atoms with E-state index in [0.717, 1.165) is 19.3 Å². The SMILES string of the molecule is Cc1cc(S(=O)(=O)NCC2(C)CCC2)cc(CN)c1F. The Kier molecular flexibility index (Phi) is 4.18. The average Bonchev–Trinajstić information content (AvgIpc) is 2.37. The van der Waals surface area contributed by atoms with Gasteiger partial charge in [-0.2, -0.15) is 0 Å². The number of nitrogens with two attached hydrogens (primary N) is 1. The summed E-state index contributed by atoms with van der Waals surface area (Å²) in [6, 6.07) is 2.66. The lowest BCUT2D eigenvalue weighted by Gasteiger charge is -2.38. The Morgan fingerprint density at radius 2 is 2.05 bits per heavy atom. The summed E-state index contributed by atoms with van der Waals surface area (Å²) in [5.41, 5.74) is 6.02. The number of rotatable bonds is 5. The smallest absolute Gasteiger partial charge is 0.240 e. The van der Waals surface area contributed by atoms with E-state index in [1.807, 2.05) is 0 Å². The molecular weight excluding hydrogens is 279 g/mol. The van der Waals surface area contributed by atoms with Gasteiger partial charge in [0.1, 0.15) is 5.82 Å². The molecule has 0 atom stereocenters. The molecule has 0 aromatic heterocycles. The van der Waals surface area contributed by atoms with Crippen molar-refractivity contribution in [3.05, 3.63) is 29.1 Å². The van der Waals surface area contributed by atoms with Gasteiger partial charge in [-0.05, 0) is 42.9 Å². The van der Waals surface area contributed by atoms with Gasteiger partial charge in [0.05, 0.1) is 4.90 Å². The number of hydrogen-bond acceptors (Lipinski definition) is 3. The van der Waals surface area contributed by atoms with Crippen LogP contribution in [0.3, 0.4) is 0 Å². The average molecular weight is 300 g/mol. The number of hydrogen-bond donors (Lipinski definition) is 2. The van der Waals surface area contributed by atoms with Gasteiger partial charge in [0.15, 0.2) is 0 Å². The Hall–Kier alpha value is -0.980. The third-order valence-electron chi connectivity index (χ3n) is 4.08. The lowest BCUT2D eigenvalue weighted by molar-refractivity contribution is 0.166. The molecule has 2 rings (SSSR count). The van der Waals surface area contributed by atoms with Crippen LogP contribution in [0.25, 0.3) is 0 Å². The molecular formula is C14H21FN2O2S. The first-order valence-corrected chi connectivity index (χ1v) is 8.24. The molecule has 0 saturated heterocycles. The first-order valence-electron chi connectivity index (χ1n) is 6.76. The second kappa shape index (κ2) is 5.42. The third-order valence-corrected chi connectivity index (χ3v) is 5.46. The van der Waals surface area contributed by atoms with E-state index < -0.39 is 15.8 Å². The molecule has 0 radical (unpaired) electrons. The second-order valence-corrected chi connectivity index (χ2v) is 7.67. The molecule has 3 N–H and O–H groups in total. The summed E-state index contributed by atoms with van der Waals surface area (Å²) in [5, 5.41) is 0. The highest BCUT2D eigenvalue weighted by Crippen LogP contribution is 2.39. The Bertz CT molecular complexity index is 610. The van der Waals surface area contributed by atoms with Gasteiger partial charge in [0, 0.05) is 18.7 Å². The van der Waals surface area contributed by atoms with Gasteiger partial charge in [-0.3, -0.25) is 0 Å². The lowest BCUT2D eigenvalue weighted by Crippen LogP contribution is -2.39. The van der Waals surface area contributed by atoms with Gasteiger partial charge in [-0.1, -0.05) is 13.3 Å². The fourth-order valence-electron chi connectivity index (χ4n) is 2.42. The van der Waals surface area contributed by atoms with Crippen LogP contribution in [0.15, 0.2) is 17.0 Å². The van der Waals surface area contributed by atoms with Crippen molar-refractivity contribution >= 4 is 10.0 Å². The topological polar surface area (TPSA) is 72.2 Å². The quantitative estimate of drug-likeness (QED) is 0.874. The first-order chi connectivity index (χ1) is 9.27. The highest BCUT2D eigenvalue weighted by molar-refractivity contribution is 7.89. The second-order valence-electron chi connectivity index (χ2n) is 5.91. The van der Waals surface area contributed by atoms with Crippen molar-refractivity contribution in [3.63, 3.8) is 0 Å². The fraction of sp³-hybridized carbons (Fsp3) is 0.571. The molecule has 0 amide bonds. The summed E-state index contributed by atoms with van der Waals surface area (Å²) >= 11 is 0. The molecule has 20 heavy (non-hydrogen) atoms. The minimum absolute atomic E-state index is 0.0201. The molecule has 0 unspecified atom stereocenters. The predicted molar refractivity (Wildman–Crippen MR) is 76.2 cm³/mol. The highest BCUT2D eigenvalue weighted by Gasteiger charge is 2.33. The molecule has 0 aliphatic heterocycles. The van der Waals surface area contributed by atoms with Crippen LogP contribution in [0.1, 0.15) is 37.3 Å². The minimum Gasteiger partial charge on any atom is -0.326 e. The molecule has 6 heteroatoms. The molecule has 0 spiro atoms. The van der Waals surface area contributed by atoms with E-state index in [-0.39, 0.29) is 22.4 Å². The van der Waals surface area contributed by atoms with Gasteiger partial charge < -0.3 is 5.73 Å². The molecule has 1 fully saturated rings. The van der Waals surface area contributed by atoms with Crippen molar-refractivity contribution in [2.24, 2.45) is 11.1 Å². The Morgan fingerprint density at radius 1 is 1.40 bits per heavy atom. The van der Waals surface area contributed by atoms with E-state index in [4.69, 9.17) is 5.73 Å². The molecule has 1 aliphatic rings. The third kappa shape index (κ3) is 3.02. The number of sulfonamides is 1. The van der Waals surface area contributed by atoms with Crippen LogP contribution in [0.5, 0.6) is 0 Å². The zero-order valence-corrected chi connectivity index (χ0v) is 12.7. The van der Waals surface area contributed by atoms with Crippen molar-refractivity contribution in [3.8, 4) is 0 Å². The summed E-state index contributed by atoms with van der Waals surface area (Å²) in [5.74, 6) is -0.433. The lowest BCUT2D eigenvalue weighted by atomic mass is 9.71. The van der Waals surface area contributed by atoms with Gasteiger partial charge in [0.2, 0.25) is 10.0 Å². The van der Waals surface area contributed by atoms with Crippen LogP contribution in [0, 0.1) is 18.2 Å². The monoisotopic (exact) mass is 300 g/mol. The first kappa shape index (κ1) is 15.4. The van der Waals surface area contributed by atoms with Gasteiger partial charge in [0.25, 0.3) is 0 Å². The summed E-state index contributed by atoms with van der Waals surface area (Å²) in [7, 11) is -3.61. The normalized spacial score (nSPS) is 17.8. The summed E-state index contributed by atoms with van der Waals surface area (Å²) in [6.07, 6.45) is 3.21. The largest absolute Gasteiger partial charge is 0.326 e. The molecule has 0 bridgehead atoms. The van der Waals surface area contributed by atoms with Crippen LogP contribution in [-0.4, -0.2) is 15.0 Å². The summed E-state index contributed by atoms with van der Waals surface area (Å²) < 4.78 is 40.9. The van der Waals surface area contributed by atoms with E-state index in [2.05, 4.69) is 11.6 Å². The predicted octanol–water partition coefficient (Wildman–Crippen LogP) is 2.06. The molecule has 4 nitrogen and oxygen atoms in total.